The summed E-state index contributed by atoms with van der Waals surface area (Å²) in [5, 5.41) is 3.45. The standard InChI is InChI=1S/C13H16ClNO/c1-10(2)9-15-13(16)8-7-11-5-3-4-6-12(11)14/h3-8,10H,9H2,1-2H3,(H,15,16). The summed E-state index contributed by atoms with van der Waals surface area (Å²) in [4.78, 5) is 11.4. The Morgan fingerprint density at radius 2 is 2.12 bits per heavy atom. The largest absolute Gasteiger partial charge is 0.352 e. The molecule has 0 saturated carbocycles. The summed E-state index contributed by atoms with van der Waals surface area (Å²) in [6, 6.07) is 7.41. The van der Waals surface area contributed by atoms with Crippen LogP contribution in [0.5, 0.6) is 0 Å². The van der Waals surface area contributed by atoms with Crippen LogP contribution in [-0.2, 0) is 4.79 Å². The predicted octanol–water partition coefficient (Wildman–Crippen LogP) is 3.13. The first-order chi connectivity index (χ1) is 7.59. The first-order valence-corrected chi connectivity index (χ1v) is 5.68. The normalized spacial score (nSPS) is 11.0. The van der Waals surface area contributed by atoms with Crippen LogP contribution in [0.4, 0.5) is 0 Å². The third kappa shape index (κ3) is 4.49. The van der Waals surface area contributed by atoms with Gasteiger partial charge in [-0.3, -0.25) is 4.79 Å². The molecule has 0 atom stereocenters. The van der Waals surface area contributed by atoms with Crippen LogP contribution in [0.2, 0.25) is 5.02 Å². The van der Waals surface area contributed by atoms with E-state index in [1.807, 2.05) is 18.2 Å². The summed E-state index contributed by atoms with van der Waals surface area (Å²) in [6.45, 7) is 4.79. The molecule has 2 nitrogen and oxygen atoms in total. The molecule has 0 aliphatic rings. The lowest BCUT2D eigenvalue weighted by Crippen LogP contribution is -2.25. The molecule has 1 N–H and O–H groups in total. The van der Waals surface area contributed by atoms with Crippen molar-refractivity contribution in [2.75, 3.05) is 6.54 Å². The van der Waals surface area contributed by atoms with Crippen LogP contribution in [-0.4, -0.2) is 12.5 Å². The van der Waals surface area contributed by atoms with E-state index in [-0.39, 0.29) is 5.91 Å². The molecule has 0 heterocycles. The third-order valence-electron chi connectivity index (χ3n) is 2.00. The highest BCUT2D eigenvalue weighted by atomic mass is 35.5. The molecule has 0 aliphatic heterocycles. The van der Waals surface area contributed by atoms with E-state index in [0.29, 0.717) is 17.5 Å². The van der Waals surface area contributed by atoms with Gasteiger partial charge >= 0.3 is 0 Å². The highest BCUT2D eigenvalue weighted by Crippen LogP contribution is 2.15. The van der Waals surface area contributed by atoms with Gasteiger partial charge in [0.05, 0.1) is 0 Å². The van der Waals surface area contributed by atoms with Crippen molar-refractivity contribution in [3.05, 3.63) is 40.9 Å². The minimum atomic E-state index is -0.0892. The number of rotatable bonds is 4. The minimum absolute atomic E-state index is 0.0892. The van der Waals surface area contributed by atoms with Crippen LogP contribution in [0.3, 0.4) is 0 Å². The second kappa shape index (κ2) is 6.33. The van der Waals surface area contributed by atoms with Crippen molar-refractivity contribution in [2.24, 2.45) is 5.92 Å². The fraction of sp³-hybridized carbons (Fsp3) is 0.308. The second-order valence-electron chi connectivity index (χ2n) is 3.99. The number of halogens is 1. The van der Waals surface area contributed by atoms with Gasteiger partial charge in [0.1, 0.15) is 0 Å². The molecule has 1 rings (SSSR count). The number of benzene rings is 1. The molecule has 0 saturated heterocycles. The lowest BCUT2D eigenvalue weighted by atomic mass is 10.2. The topological polar surface area (TPSA) is 29.1 Å². The molecule has 1 aromatic carbocycles. The predicted molar refractivity (Wildman–Crippen MR) is 68.3 cm³/mol. The fourth-order valence-corrected chi connectivity index (χ4v) is 1.34. The molecule has 16 heavy (non-hydrogen) atoms. The summed E-state index contributed by atoms with van der Waals surface area (Å²) in [7, 11) is 0. The van der Waals surface area contributed by atoms with Crippen LogP contribution in [0.1, 0.15) is 19.4 Å². The Bertz CT molecular complexity index is 385. The van der Waals surface area contributed by atoms with Gasteiger partial charge in [0.25, 0.3) is 0 Å². The van der Waals surface area contributed by atoms with Crippen LogP contribution < -0.4 is 5.32 Å². The maximum atomic E-state index is 11.4. The van der Waals surface area contributed by atoms with Crippen molar-refractivity contribution in [3.63, 3.8) is 0 Å². The molecule has 0 bridgehead atoms. The van der Waals surface area contributed by atoms with Crippen molar-refractivity contribution in [1.29, 1.82) is 0 Å². The summed E-state index contributed by atoms with van der Waals surface area (Å²) < 4.78 is 0. The Labute approximate surface area is 101 Å². The van der Waals surface area contributed by atoms with E-state index in [1.54, 1.807) is 12.1 Å². The average molecular weight is 238 g/mol. The SMILES string of the molecule is CC(C)CNC(=O)C=Cc1ccccc1Cl. The maximum absolute atomic E-state index is 11.4. The number of carbonyl (C=O) groups is 1. The number of hydrogen-bond acceptors (Lipinski definition) is 1. The molecular weight excluding hydrogens is 222 g/mol. The molecule has 0 unspecified atom stereocenters. The van der Waals surface area contributed by atoms with Crippen LogP contribution in [0.15, 0.2) is 30.3 Å². The van der Waals surface area contributed by atoms with Gasteiger partial charge in [0.2, 0.25) is 5.91 Å². The van der Waals surface area contributed by atoms with Gasteiger partial charge in [-0.05, 0) is 23.6 Å². The Morgan fingerprint density at radius 1 is 1.44 bits per heavy atom. The molecule has 0 fully saturated rings. The Morgan fingerprint density at radius 3 is 2.75 bits per heavy atom. The average Bonchev–Trinajstić information content (AvgIpc) is 2.25. The lowest BCUT2D eigenvalue weighted by molar-refractivity contribution is -0.116. The molecule has 3 heteroatoms. The number of carbonyl (C=O) groups excluding carboxylic acids is 1. The number of nitrogens with one attached hydrogen (secondary N) is 1. The van der Waals surface area contributed by atoms with Crippen molar-refractivity contribution in [3.8, 4) is 0 Å². The second-order valence-corrected chi connectivity index (χ2v) is 4.40. The molecule has 0 radical (unpaired) electrons. The van der Waals surface area contributed by atoms with Gasteiger partial charge in [-0.1, -0.05) is 43.6 Å². The highest BCUT2D eigenvalue weighted by Gasteiger charge is 1.98. The van der Waals surface area contributed by atoms with Crippen LogP contribution in [0, 0.1) is 5.92 Å². The van der Waals surface area contributed by atoms with Gasteiger partial charge < -0.3 is 5.32 Å². The first kappa shape index (κ1) is 12.8. The van der Waals surface area contributed by atoms with Gasteiger partial charge in [-0.2, -0.15) is 0 Å². The quantitative estimate of drug-likeness (QED) is 0.801. The van der Waals surface area contributed by atoms with Crippen molar-refractivity contribution < 1.29 is 4.79 Å². The summed E-state index contributed by atoms with van der Waals surface area (Å²) in [6.07, 6.45) is 3.22. The smallest absolute Gasteiger partial charge is 0.244 e. The van der Waals surface area contributed by atoms with Crippen molar-refractivity contribution >= 4 is 23.6 Å². The van der Waals surface area contributed by atoms with Crippen LogP contribution in [0.25, 0.3) is 6.08 Å². The van der Waals surface area contributed by atoms with Gasteiger partial charge in [0.15, 0.2) is 0 Å². The fourth-order valence-electron chi connectivity index (χ4n) is 1.14. The number of hydrogen-bond donors (Lipinski definition) is 1. The lowest BCUT2D eigenvalue weighted by Gasteiger charge is -2.04. The molecule has 0 aromatic heterocycles. The monoisotopic (exact) mass is 237 g/mol. The maximum Gasteiger partial charge on any atom is 0.244 e. The Hall–Kier alpha value is -1.28. The third-order valence-corrected chi connectivity index (χ3v) is 2.35. The zero-order valence-corrected chi connectivity index (χ0v) is 10.3. The summed E-state index contributed by atoms with van der Waals surface area (Å²) >= 11 is 5.95. The molecule has 1 aromatic rings. The Kier molecular flexibility index (Phi) is 5.06. The van der Waals surface area contributed by atoms with Crippen molar-refractivity contribution in [1.82, 2.24) is 5.32 Å². The zero-order chi connectivity index (χ0) is 12.0. The molecule has 0 spiro atoms. The Balaban J connectivity index is 2.54. The molecule has 86 valence electrons. The highest BCUT2D eigenvalue weighted by molar-refractivity contribution is 6.32. The van der Waals surface area contributed by atoms with E-state index in [1.165, 1.54) is 6.08 Å². The van der Waals surface area contributed by atoms with E-state index in [2.05, 4.69) is 19.2 Å². The van der Waals surface area contributed by atoms with Crippen LogP contribution >= 0.6 is 11.6 Å². The van der Waals surface area contributed by atoms with Gasteiger partial charge in [-0.25, -0.2) is 0 Å². The van der Waals surface area contributed by atoms with E-state index in [4.69, 9.17) is 11.6 Å². The number of amides is 1. The molecule has 0 aliphatic carbocycles. The van der Waals surface area contributed by atoms with Crippen molar-refractivity contribution in [2.45, 2.75) is 13.8 Å². The van der Waals surface area contributed by atoms with E-state index in [0.717, 1.165) is 5.56 Å². The van der Waals surface area contributed by atoms with Gasteiger partial charge in [-0.15, -0.1) is 0 Å². The summed E-state index contributed by atoms with van der Waals surface area (Å²) in [5.74, 6) is 0.367. The van der Waals surface area contributed by atoms with E-state index < -0.39 is 0 Å². The molecule has 1 amide bonds. The zero-order valence-electron chi connectivity index (χ0n) is 9.53. The molecular formula is C13H16ClNO. The minimum Gasteiger partial charge on any atom is -0.352 e. The van der Waals surface area contributed by atoms with E-state index in [9.17, 15) is 4.79 Å². The van der Waals surface area contributed by atoms with Gasteiger partial charge in [0, 0.05) is 17.6 Å². The summed E-state index contributed by atoms with van der Waals surface area (Å²) in [5.41, 5.74) is 0.851. The van der Waals surface area contributed by atoms with E-state index >= 15 is 0 Å². The first-order valence-electron chi connectivity index (χ1n) is 5.30.